The summed E-state index contributed by atoms with van der Waals surface area (Å²) >= 11 is 0. The van der Waals surface area contributed by atoms with Crippen molar-refractivity contribution in [3.05, 3.63) is 53.1 Å². The number of carbonyl (C=O) groups excluding carboxylic acids is 3. The molecular weight excluding hydrogens is 773 g/mol. The number of hydrogen-bond donors (Lipinski definition) is 2. The molecule has 61 heavy (non-hydrogen) atoms. The molecule has 2 aromatic carbocycles. The number of esters is 2. The number of allylic oxidation sites excluding steroid dienone is 2. The molecule has 1 heterocycles. The van der Waals surface area contributed by atoms with Gasteiger partial charge in [0.05, 0.1) is 32.5 Å². The quantitative estimate of drug-likeness (QED) is 0.150. The number of phenolic OH excluding ortho intramolecular Hbond substituents is 2. The summed E-state index contributed by atoms with van der Waals surface area (Å²) in [5.41, 5.74) is 2.86. The highest BCUT2D eigenvalue weighted by Crippen LogP contribution is 2.70. The molecule has 0 bridgehead atoms. The Labute approximate surface area is 362 Å². The molecule has 4 saturated carbocycles. The molecule has 0 saturated heterocycles. The van der Waals surface area contributed by atoms with Crippen molar-refractivity contribution in [2.24, 2.45) is 50.7 Å². The molecule has 332 valence electrons. The number of rotatable bonds is 8. The topological polar surface area (TPSA) is 138 Å². The van der Waals surface area contributed by atoms with Crippen LogP contribution < -0.4 is 14.2 Å². The van der Waals surface area contributed by atoms with E-state index in [0.29, 0.717) is 46.2 Å². The summed E-state index contributed by atoms with van der Waals surface area (Å²) in [5, 5.41) is 21.0. The summed E-state index contributed by atoms with van der Waals surface area (Å²) in [4.78, 5) is 39.5. The highest BCUT2D eigenvalue weighted by atomic mass is 16.6. The number of ether oxygens (including phenoxy) is 5. The van der Waals surface area contributed by atoms with Crippen LogP contribution in [0.15, 0.2) is 42.0 Å². The van der Waals surface area contributed by atoms with E-state index in [4.69, 9.17) is 23.7 Å². The predicted octanol–water partition coefficient (Wildman–Crippen LogP) is 10.9. The third kappa shape index (κ3) is 7.34. The van der Waals surface area contributed by atoms with Crippen molar-refractivity contribution in [1.29, 1.82) is 0 Å². The number of hydrogen-bond acceptors (Lipinski definition) is 10. The first-order valence-electron chi connectivity index (χ1n) is 22.8. The normalized spacial score (nSPS) is 35.9. The summed E-state index contributed by atoms with van der Waals surface area (Å²) in [5.74, 6) is 0.639. The molecule has 2 N–H and O–H groups in total. The molecule has 5 aliphatic carbocycles. The second kappa shape index (κ2) is 15.6. The molecule has 0 spiro atoms. The SMILES string of the molecule is COc1ccc([C@@H]2CC(=O)c3c(O)cc(OC(=O)CCC(=O)O[C@@H]4CC[C@]5(C)[C@H]6CCC7[C@@](C)(CCC8C(C)(C)[C@@H](OC)CC[C@@]87C)CC6=CC[C@H]5C4(C)C)cc3O2)cc1O. The van der Waals surface area contributed by atoms with Gasteiger partial charge in [-0.3, -0.25) is 14.4 Å². The lowest BCUT2D eigenvalue weighted by molar-refractivity contribution is -0.178. The molecule has 10 heteroatoms. The first-order valence-corrected chi connectivity index (χ1v) is 22.8. The Morgan fingerprint density at radius 3 is 2.20 bits per heavy atom. The summed E-state index contributed by atoms with van der Waals surface area (Å²) in [7, 11) is 3.34. The van der Waals surface area contributed by atoms with Gasteiger partial charge in [0.15, 0.2) is 17.3 Å². The Bertz CT molecular complexity index is 2100. The fraction of sp³-hybridized carbons (Fsp3) is 0.667. The van der Waals surface area contributed by atoms with Gasteiger partial charge in [-0.15, -0.1) is 0 Å². The van der Waals surface area contributed by atoms with Crippen LogP contribution in [0.25, 0.3) is 0 Å². The number of methoxy groups -OCH3 is 2. The zero-order valence-corrected chi connectivity index (χ0v) is 37.9. The van der Waals surface area contributed by atoms with E-state index in [9.17, 15) is 24.6 Å². The maximum absolute atomic E-state index is 13.4. The molecule has 4 fully saturated rings. The highest BCUT2D eigenvalue weighted by Gasteiger charge is 2.63. The van der Waals surface area contributed by atoms with Crippen LogP contribution in [0, 0.1) is 50.7 Å². The van der Waals surface area contributed by atoms with Gasteiger partial charge < -0.3 is 33.9 Å². The molecule has 0 radical (unpaired) electrons. The Morgan fingerprint density at radius 1 is 0.770 bits per heavy atom. The fourth-order valence-corrected chi connectivity index (χ4v) is 14.7. The highest BCUT2D eigenvalue weighted by molar-refractivity contribution is 6.02. The average Bonchev–Trinajstić information content (AvgIpc) is 3.35. The van der Waals surface area contributed by atoms with Gasteiger partial charge in [-0.1, -0.05) is 66.2 Å². The van der Waals surface area contributed by atoms with Crippen LogP contribution in [0.3, 0.4) is 0 Å². The first-order chi connectivity index (χ1) is 28.7. The minimum Gasteiger partial charge on any atom is -0.507 e. The Balaban J connectivity index is 0.892. The van der Waals surface area contributed by atoms with E-state index in [1.165, 1.54) is 63.8 Å². The lowest BCUT2D eigenvalue weighted by Gasteiger charge is -2.64. The zero-order valence-electron chi connectivity index (χ0n) is 37.9. The van der Waals surface area contributed by atoms with Crippen LogP contribution >= 0.6 is 0 Å². The largest absolute Gasteiger partial charge is 0.507 e. The van der Waals surface area contributed by atoms with E-state index >= 15 is 0 Å². The molecule has 0 amide bonds. The smallest absolute Gasteiger partial charge is 0.311 e. The van der Waals surface area contributed by atoms with E-state index in [1.807, 2.05) is 7.11 Å². The minimum absolute atomic E-state index is 0.00312. The summed E-state index contributed by atoms with van der Waals surface area (Å²) < 4.78 is 29.1. The second-order valence-corrected chi connectivity index (χ2v) is 21.6. The number of Topliss-reactive ketones (excluding diaryl/α,β-unsaturated/α-hetero) is 1. The molecule has 8 rings (SSSR count). The number of benzene rings is 2. The van der Waals surface area contributed by atoms with Crippen molar-refractivity contribution < 1.29 is 48.3 Å². The van der Waals surface area contributed by atoms with Crippen molar-refractivity contribution in [3.63, 3.8) is 0 Å². The molecule has 6 aliphatic rings. The van der Waals surface area contributed by atoms with Gasteiger partial charge in [0.1, 0.15) is 35.0 Å². The summed E-state index contributed by atoms with van der Waals surface area (Å²) in [6.07, 6.45) is 12.9. The van der Waals surface area contributed by atoms with Crippen LogP contribution in [0.4, 0.5) is 0 Å². The Hall–Kier alpha value is -4.05. The average molecular weight is 841 g/mol. The number of carbonyl (C=O) groups is 3. The third-order valence-corrected chi connectivity index (χ3v) is 17.7. The molecule has 0 aromatic heterocycles. The van der Waals surface area contributed by atoms with Crippen LogP contribution in [0.1, 0.15) is 154 Å². The number of aromatic hydroxyl groups is 2. The zero-order chi connectivity index (χ0) is 43.9. The first kappa shape index (κ1) is 43.6. The van der Waals surface area contributed by atoms with E-state index in [1.54, 1.807) is 17.7 Å². The predicted molar refractivity (Wildman–Crippen MR) is 231 cm³/mol. The van der Waals surface area contributed by atoms with Crippen molar-refractivity contribution in [1.82, 2.24) is 0 Å². The summed E-state index contributed by atoms with van der Waals surface area (Å²) in [6, 6.07) is 7.32. The van der Waals surface area contributed by atoms with E-state index in [2.05, 4.69) is 54.5 Å². The molecule has 10 nitrogen and oxygen atoms in total. The Morgan fingerprint density at radius 2 is 1.48 bits per heavy atom. The van der Waals surface area contributed by atoms with Crippen molar-refractivity contribution in [2.75, 3.05) is 14.2 Å². The van der Waals surface area contributed by atoms with Crippen LogP contribution in [-0.2, 0) is 19.1 Å². The standard InChI is InChI=1S/C51H68O10/c1-47(2)40-18-21-49(5)28-30-11-14-39-48(3,4)43(20-22-50(39,6)32(30)12-15-41(49)51(40,7)23-19-42(47)58-9)61-45(56)17-16-44(55)59-31-25-34(53)46-35(54)27-37(60-38(46)26-31)29-10-13-36(57-8)33(52)24-29/h10-11,13,24-26,32,37,39-43,52-53H,12,14-23,27-28H2,1-9H3/t32-,37-,39-,40?,41?,42-,43+,49-,50+,51-/m0/s1. The van der Waals surface area contributed by atoms with Crippen LogP contribution in [0.5, 0.6) is 28.7 Å². The number of fused-ring (bicyclic) bond motifs is 7. The fourth-order valence-electron chi connectivity index (χ4n) is 14.7. The second-order valence-electron chi connectivity index (χ2n) is 21.6. The van der Waals surface area contributed by atoms with E-state index in [0.717, 1.165) is 25.7 Å². The van der Waals surface area contributed by atoms with Crippen molar-refractivity contribution in [2.45, 2.75) is 150 Å². The molecule has 2 unspecified atom stereocenters. The summed E-state index contributed by atoms with van der Waals surface area (Å²) in [6.45, 7) is 17.3. The number of phenols is 2. The maximum atomic E-state index is 13.4. The van der Waals surface area contributed by atoms with Crippen LogP contribution in [-0.4, -0.2) is 54.4 Å². The van der Waals surface area contributed by atoms with Gasteiger partial charge in [-0.2, -0.15) is 0 Å². The van der Waals surface area contributed by atoms with Gasteiger partial charge >= 0.3 is 11.9 Å². The molecule has 1 aliphatic heterocycles. The minimum atomic E-state index is -0.740. The van der Waals surface area contributed by atoms with Crippen LogP contribution in [0.2, 0.25) is 0 Å². The Kier molecular flexibility index (Phi) is 11.2. The molecular formula is C51H68O10. The van der Waals surface area contributed by atoms with Gasteiger partial charge in [0, 0.05) is 24.7 Å². The van der Waals surface area contributed by atoms with Crippen molar-refractivity contribution >= 4 is 17.7 Å². The van der Waals surface area contributed by atoms with E-state index in [-0.39, 0.29) is 81.7 Å². The number of ketones is 1. The molecule has 10 atom stereocenters. The monoisotopic (exact) mass is 840 g/mol. The molecule has 2 aromatic rings. The van der Waals surface area contributed by atoms with Gasteiger partial charge in [-0.25, -0.2) is 0 Å². The maximum Gasteiger partial charge on any atom is 0.311 e. The van der Waals surface area contributed by atoms with E-state index < -0.39 is 18.0 Å². The third-order valence-electron chi connectivity index (χ3n) is 17.7. The lowest BCUT2D eigenvalue weighted by Crippen LogP contribution is -2.58. The van der Waals surface area contributed by atoms with Crippen molar-refractivity contribution in [3.8, 4) is 28.7 Å². The lowest BCUT2D eigenvalue weighted by atomic mass is 9.42. The van der Waals surface area contributed by atoms with Gasteiger partial charge in [-0.05, 0) is 127 Å². The van der Waals surface area contributed by atoms with Gasteiger partial charge in [0.2, 0.25) is 0 Å². The van der Waals surface area contributed by atoms with Gasteiger partial charge in [0.25, 0.3) is 0 Å².